The van der Waals surface area contributed by atoms with Crippen molar-refractivity contribution in [1.82, 2.24) is 24.8 Å². The Morgan fingerprint density at radius 2 is 1.91 bits per heavy atom. The van der Waals surface area contributed by atoms with E-state index < -0.39 is 0 Å². The number of aryl methyl sites for hydroxylation is 1. The molecule has 4 heterocycles. The van der Waals surface area contributed by atoms with Gasteiger partial charge in [-0.15, -0.1) is 11.3 Å². The smallest absolute Gasteiger partial charge is 0.244 e. The number of rotatable bonds is 6. The van der Waals surface area contributed by atoms with E-state index in [2.05, 4.69) is 45.1 Å². The molecule has 0 bridgehead atoms. The zero-order valence-electron chi connectivity index (χ0n) is 18.8. The molecule has 1 saturated heterocycles. The molecule has 3 aromatic heterocycles. The third-order valence-electron chi connectivity index (χ3n) is 5.97. The largest absolute Gasteiger partial charge is 0.352 e. The van der Waals surface area contributed by atoms with Gasteiger partial charge in [0.15, 0.2) is 10.2 Å². The Bertz CT molecular complexity index is 1300. The van der Waals surface area contributed by atoms with Crippen LogP contribution in [0.1, 0.15) is 34.7 Å². The number of benzene rings is 1. The van der Waals surface area contributed by atoms with Crippen LogP contribution in [-0.4, -0.2) is 37.0 Å². The lowest BCUT2D eigenvalue weighted by Gasteiger charge is -2.27. The van der Waals surface area contributed by atoms with Crippen molar-refractivity contribution < 1.29 is 4.79 Å². The third kappa shape index (κ3) is 4.20. The van der Waals surface area contributed by atoms with Crippen LogP contribution in [0.15, 0.2) is 72.4 Å². The van der Waals surface area contributed by atoms with Gasteiger partial charge in [-0.05, 0) is 62.0 Å². The fourth-order valence-electron chi connectivity index (χ4n) is 4.50. The number of anilines is 1. The van der Waals surface area contributed by atoms with E-state index in [0.717, 1.165) is 33.5 Å². The molecule has 0 aliphatic carbocycles. The van der Waals surface area contributed by atoms with E-state index in [1.54, 1.807) is 17.5 Å². The Hall–Kier alpha value is -3.56. The standard InChI is InChI=1S/C25H24N6OS2/c1-16-14-19(17(2)31(16)25-27-12-13-34-25)23-22(20-10-6-7-11-26-20)29-24(33)30(23)15-21(32)28-18-8-4-3-5-9-18/h3-14,22-23H,15H2,1-2H3,(H,28,32)(H,29,33)/t22-,23+/m0/s1. The van der Waals surface area contributed by atoms with E-state index in [1.807, 2.05) is 65.0 Å². The number of thiocarbonyl (C=S) groups is 1. The van der Waals surface area contributed by atoms with Crippen LogP contribution in [-0.2, 0) is 4.79 Å². The maximum Gasteiger partial charge on any atom is 0.244 e. The van der Waals surface area contributed by atoms with Gasteiger partial charge in [-0.25, -0.2) is 4.98 Å². The molecule has 2 atom stereocenters. The maximum atomic E-state index is 13.0. The summed E-state index contributed by atoms with van der Waals surface area (Å²) in [6.45, 7) is 4.28. The maximum absolute atomic E-state index is 13.0. The minimum atomic E-state index is -0.205. The van der Waals surface area contributed by atoms with Gasteiger partial charge in [0.1, 0.15) is 6.54 Å². The number of para-hydroxylation sites is 1. The van der Waals surface area contributed by atoms with E-state index in [-0.39, 0.29) is 24.5 Å². The Labute approximate surface area is 207 Å². The van der Waals surface area contributed by atoms with Crippen molar-refractivity contribution in [1.29, 1.82) is 0 Å². The second-order valence-corrected chi connectivity index (χ2v) is 9.40. The van der Waals surface area contributed by atoms with Crippen LogP contribution in [0.25, 0.3) is 5.13 Å². The number of aromatic nitrogens is 3. The van der Waals surface area contributed by atoms with Gasteiger partial charge in [0.2, 0.25) is 5.91 Å². The normalized spacial score (nSPS) is 17.6. The summed E-state index contributed by atoms with van der Waals surface area (Å²) < 4.78 is 2.15. The summed E-state index contributed by atoms with van der Waals surface area (Å²) in [7, 11) is 0. The summed E-state index contributed by atoms with van der Waals surface area (Å²) in [6.07, 6.45) is 3.59. The van der Waals surface area contributed by atoms with Gasteiger partial charge in [0.25, 0.3) is 0 Å². The van der Waals surface area contributed by atoms with Crippen LogP contribution in [0.2, 0.25) is 0 Å². The summed E-state index contributed by atoms with van der Waals surface area (Å²) in [4.78, 5) is 24.1. The van der Waals surface area contributed by atoms with Crippen LogP contribution in [0.5, 0.6) is 0 Å². The first-order chi connectivity index (χ1) is 16.5. The predicted octanol–water partition coefficient (Wildman–Crippen LogP) is 4.56. The van der Waals surface area contributed by atoms with E-state index in [4.69, 9.17) is 12.2 Å². The molecule has 172 valence electrons. The summed E-state index contributed by atoms with van der Waals surface area (Å²) >= 11 is 7.32. The van der Waals surface area contributed by atoms with E-state index in [0.29, 0.717) is 5.11 Å². The highest BCUT2D eigenvalue weighted by Gasteiger charge is 2.42. The lowest BCUT2D eigenvalue weighted by molar-refractivity contribution is -0.116. The fraction of sp³-hybridized carbons (Fsp3) is 0.200. The van der Waals surface area contributed by atoms with Crippen molar-refractivity contribution in [3.63, 3.8) is 0 Å². The number of nitrogens with zero attached hydrogens (tertiary/aromatic N) is 4. The van der Waals surface area contributed by atoms with Crippen molar-refractivity contribution >= 4 is 40.3 Å². The Kier molecular flexibility index (Phi) is 6.12. The molecular formula is C25H24N6OS2. The van der Waals surface area contributed by atoms with Crippen LogP contribution in [0, 0.1) is 13.8 Å². The molecule has 5 rings (SSSR count). The highest BCUT2D eigenvalue weighted by Crippen LogP contribution is 2.41. The number of carbonyl (C=O) groups is 1. The summed E-state index contributed by atoms with van der Waals surface area (Å²) in [6, 6.07) is 17.1. The Morgan fingerprint density at radius 3 is 2.62 bits per heavy atom. The molecule has 7 nitrogen and oxygen atoms in total. The van der Waals surface area contributed by atoms with Gasteiger partial charge >= 0.3 is 0 Å². The van der Waals surface area contributed by atoms with Crippen LogP contribution in [0.4, 0.5) is 5.69 Å². The van der Waals surface area contributed by atoms with E-state index in [1.165, 1.54) is 0 Å². The van der Waals surface area contributed by atoms with Crippen LogP contribution < -0.4 is 10.6 Å². The summed E-state index contributed by atoms with van der Waals surface area (Å²) in [5, 5.41) is 9.81. The lowest BCUT2D eigenvalue weighted by Crippen LogP contribution is -2.37. The highest BCUT2D eigenvalue weighted by molar-refractivity contribution is 7.80. The van der Waals surface area contributed by atoms with Crippen molar-refractivity contribution in [2.75, 3.05) is 11.9 Å². The molecule has 0 saturated carbocycles. The molecule has 9 heteroatoms. The summed E-state index contributed by atoms with van der Waals surface area (Å²) in [5.41, 5.74) is 4.86. The quantitative estimate of drug-likeness (QED) is 0.388. The molecule has 4 aromatic rings. The number of hydrogen-bond acceptors (Lipinski definition) is 5. The molecule has 0 unspecified atom stereocenters. The SMILES string of the molecule is Cc1cc([C@@H]2[C@H](c3ccccn3)NC(=S)N2CC(=O)Nc2ccccc2)c(C)n1-c1nccs1. The minimum Gasteiger partial charge on any atom is -0.352 e. The van der Waals surface area contributed by atoms with E-state index in [9.17, 15) is 4.79 Å². The highest BCUT2D eigenvalue weighted by atomic mass is 32.1. The molecule has 0 radical (unpaired) electrons. The average Bonchev–Trinajstić information content (AvgIpc) is 3.54. The van der Waals surface area contributed by atoms with Gasteiger partial charge in [-0.3, -0.25) is 14.3 Å². The van der Waals surface area contributed by atoms with Gasteiger partial charge in [0.05, 0.1) is 17.8 Å². The first kappa shape index (κ1) is 22.2. The number of hydrogen-bond donors (Lipinski definition) is 2. The number of nitrogens with one attached hydrogen (secondary N) is 2. The molecule has 34 heavy (non-hydrogen) atoms. The van der Waals surface area contributed by atoms with Gasteiger partial charge in [0, 0.05) is 34.8 Å². The fourth-order valence-corrected chi connectivity index (χ4v) is 5.56. The van der Waals surface area contributed by atoms with Crippen molar-refractivity contribution in [3.8, 4) is 5.13 Å². The number of carbonyl (C=O) groups excluding carboxylic acids is 1. The summed E-state index contributed by atoms with van der Waals surface area (Å²) in [5.74, 6) is -0.129. The molecule has 1 amide bonds. The first-order valence-corrected chi connectivity index (χ1v) is 12.2. The molecular weight excluding hydrogens is 464 g/mol. The molecule has 1 fully saturated rings. The zero-order valence-corrected chi connectivity index (χ0v) is 20.4. The number of thiazole rings is 1. The van der Waals surface area contributed by atoms with Gasteiger partial charge in [-0.1, -0.05) is 24.3 Å². The monoisotopic (exact) mass is 488 g/mol. The Balaban J connectivity index is 1.53. The van der Waals surface area contributed by atoms with Gasteiger partial charge in [-0.2, -0.15) is 0 Å². The molecule has 2 N–H and O–H groups in total. The zero-order chi connectivity index (χ0) is 23.7. The lowest BCUT2D eigenvalue weighted by atomic mass is 9.97. The second-order valence-electron chi connectivity index (χ2n) is 8.15. The molecule has 1 aromatic carbocycles. The van der Waals surface area contributed by atoms with E-state index >= 15 is 0 Å². The second kappa shape index (κ2) is 9.36. The average molecular weight is 489 g/mol. The molecule has 1 aliphatic rings. The van der Waals surface area contributed by atoms with Crippen molar-refractivity contribution in [2.24, 2.45) is 0 Å². The number of pyridine rings is 1. The topological polar surface area (TPSA) is 75.1 Å². The molecule has 0 spiro atoms. The van der Waals surface area contributed by atoms with Crippen LogP contribution in [0.3, 0.4) is 0 Å². The van der Waals surface area contributed by atoms with Crippen molar-refractivity contribution in [2.45, 2.75) is 25.9 Å². The van der Waals surface area contributed by atoms with Gasteiger partial charge < -0.3 is 15.5 Å². The number of amides is 1. The minimum absolute atomic E-state index is 0.121. The first-order valence-electron chi connectivity index (χ1n) is 10.9. The third-order valence-corrected chi connectivity index (χ3v) is 7.08. The van der Waals surface area contributed by atoms with Crippen LogP contribution >= 0.6 is 23.6 Å². The Morgan fingerprint density at radius 1 is 1.12 bits per heavy atom. The predicted molar refractivity (Wildman–Crippen MR) is 138 cm³/mol. The molecule has 1 aliphatic heterocycles. The van der Waals surface area contributed by atoms with Crippen molar-refractivity contribution in [3.05, 3.63) is 95.0 Å².